The van der Waals surface area contributed by atoms with Crippen LogP contribution in [0.4, 0.5) is 0 Å². The van der Waals surface area contributed by atoms with Gasteiger partial charge in [-0.3, -0.25) is 14.5 Å². The lowest BCUT2D eigenvalue weighted by atomic mass is 10.2. The topological polar surface area (TPSA) is 58.6 Å². The fourth-order valence-electron chi connectivity index (χ4n) is 2.24. The average molecular weight is 254 g/mol. The van der Waals surface area contributed by atoms with Crippen LogP contribution in [0.5, 0.6) is 0 Å². The molecule has 0 aromatic heterocycles. The number of rotatable bonds is 7. The molecular weight excluding hydrogens is 232 g/mol. The monoisotopic (exact) mass is 254 g/mol. The second kappa shape index (κ2) is 7.87. The quantitative estimate of drug-likeness (QED) is 0.537. The van der Waals surface area contributed by atoms with Crippen LogP contribution in [0.15, 0.2) is 12.7 Å². The first-order valence-corrected chi connectivity index (χ1v) is 6.35. The second-order valence-electron chi connectivity index (χ2n) is 4.51. The Morgan fingerprint density at radius 3 is 2.61 bits per heavy atom. The Balaban J connectivity index is 2.50. The van der Waals surface area contributed by atoms with E-state index in [4.69, 9.17) is 0 Å². The lowest BCUT2D eigenvalue weighted by molar-refractivity contribution is -0.143. The zero-order valence-corrected chi connectivity index (χ0v) is 11.0. The molecule has 0 atom stereocenters. The van der Waals surface area contributed by atoms with E-state index in [2.05, 4.69) is 16.6 Å². The molecule has 1 fully saturated rings. The minimum absolute atomic E-state index is 0.0781. The van der Waals surface area contributed by atoms with Crippen LogP contribution in [-0.4, -0.2) is 49.6 Å². The first kappa shape index (κ1) is 14.7. The standard InChI is InChI=1S/C13H22N2O3/c1-3-8-14-12(16)9-15(10-13(17)18-2)11-6-4-5-7-11/h3,11H,1,4-10H2,2H3,(H,14,16). The van der Waals surface area contributed by atoms with E-state index < -0.39 is 0 Å². The normalized spacial score (nSPS) is 15.7. The molecule has 1 amide bonds. The number of hydrogen-bond acceptors (Lipinski definition) is 4. The molecule has 0 aliphatic heterocycles. The van der Waals surface area contributed by atoms with Crippen LogP contribution in [0, 0.1) is 0 Å². The molecule has 1 N–H and O–H groups in total. The molecule has 18 heavy (non-hydrogen) atoms. The number of ether oxygens (including phenoxy) is 1. The molecule has 0 aromatic rings. The van der Waals surface area contributed by atoms with Crippen molar-refractivity contribution >= 4 is 11.9 Å². The highest BCUT2D eigenvalue weighted by Crippen LogP contribution is 2.23. The molecule has 5 nitrogen and oxygen atoms in total. The van der Waals surface area contributed by atoms with Gasteiger partial charge in [-0.05, 0) is 12.8 Å². The van der Waals surface area contributed by atoms with Crippen LogP contribution in [0.25, 0.3) is 0 Å². The van der Waals surface area contributed by atoms with Crippen molar-refractivity contribution in [3.05, 3.63) is 12.7 Å². The molecular formula is C13H22N2O3. The van der Waals surface area contributed by atoms with Gasteiger partial charge in [-0.25, -0.2) is 0 Å². The Kier molecular flexibility index (Phi) is 6.43. The Bertz CT molecular complexity index is 299. The summed E-state index contributed by atoms with van der Waals surface area (Å²) in [6, 6.07) is 0.318. The SMILES string of the molecule is C=CCNC(=O)CN(CC(=O)OC)C1CCCC1. The van der Waals surface area contributed by atoms with Crippen LogP contribution in [-0.2, 0) is 14.3 Å². The molecule has 0 heterocycles. The summed E-state index contributed by atoms with van der Waals surface area (Å²) in [7, 11) is 1.37. The Hall–Kier alpha value is -1.36. The Morgan fingerprint density at radius 1 is 1.39 bits per heavy atom. The fourth-order valence-corrected chi connectivity index (χ4v) is 2.24. The van der Waals surface area contributed by atoms with E-state index in [1.165, 1.54) is 7.11 Å². The number of esters is 1. The van der Waals surface area contributed by atoms with Crippen LogP contribution in [0.3, 0.4) is 0 Å². The van der Waals surface area contributed by atoms with E-state index in [-0.39, 0.29) is 25.0 Å². The third kappa shape index (κ3) is 4.87. The predicted molar refractivity (Wildman–Crippen MR) is 69.1 cm³/mol. The summed E-state index contributed by atoms with van der Waals surface area (Å²) >= 11 is 0. The molecule has 0 spiro atoms. The van der Waals surface area contributed by atoms with Crippen LogP contribution in [0.1, 0.15) is 25.7 Å². The van der Waals surface area contributed by atoms with Gasteiger partial charge in [0.2, 0.25) is 5.91 Å². The fraction of sp³-hybridized carbons (Fsp3) is 0.692. The van der Waals surface area contributed by atoms with E-state index in [1.54, 1.807) is 6.08 Å². The number of nitrogens with one attached hydrogen (secondary N) is 1. The number of methoxy groups -OCH3 is 1. The Labute approximate surface area is 108 Å². The number of carbonyl (C=O) groups excluding carboxylic acids is 2. The van der Waals surface area contributed by atoms with Crippen molar-refractivity contribution in [3.63, 3.8) is 0 Å². The van der Waals surface area contributed by atoms with Gasteiger partial charge in [0.1, 0.15) is 0 Å². The van der Waals surface area contributed by atoms with Gasteiger partial charge in [-0.2, -0.15) is 0 Å². The van der Waals surface area contributed by atoms with Crippen LogP contribution in [0.2, 0.25) is 0 Å². The summed E-state index contributed by atoms with van der Waals surface area (Å²) < 4.78 is 4.67. The molecule has 1 saturated carbocycles. The smallest absolute Gasteiger partial charge is 0.319 e. The Morgan fingerprint density at radius 2 is 2.06 bits per heavy atom. The molecule has 0 aromatic carbocycles. The molecule has 0 bridgehead atoms. The third-order valence-corrected chi connectivity index (χ3v) is 3.19. The van der Waals surface area contributed by atoms with E-state index >= 15 is 0 Å². The molecule has 5 heteroatoms. The van der Waals surface area contributed by atoms with Crippen molar-refractivity contribution in [2.75, 3.05) is 26.7 Å². The molecule has 1 rings (SSSR count). The number of carbonyl (C=O) groups is 2. The van der Waals surface area contributed by atoms with E-state index in [1.807, 2.05) is 4.90 Å². The van der Waals surface area contributed by atoms with E-state index in [0.717, 1.165) is 25.7 Å². The highest BCUT2D eigenvalue weighted by atomic mass is 16.5. The predicted octanol–water partition coefficient (Wildman–Crippen LogP) is 0.706. The molecule has 0 unspecified atom stereocenters. The first-order valence-electron chi connectivity index (χ1n) is 6.35. The van der Waals surface area contributed by atoms with Crippen molar-refractivity contribution in [3.8, 4) is 0 Å². The first-order chi connectivity index (χ1) is 8.67. The zero-order valence-electron chi connectivity index (χ0n) is 11.0. The molecule has 102 valence electrons. The van der Waals surface area contributed by atoms with Crippen molar-refractivity contribution in [2.45, 2.75) is 31.7 Å². The minimum Gasteiger partial charge on any atom is -0.468 e. The number of nitrogens with zero attached hydrogens (tertiary/aromatic N) is 1. The summed E-state index contributed by atoms with van der Waals surface area (Å²) in [6.45, 7) is 4.43. The number of amides is 1. The van der Waals surface area contributed by atoms with Crippen molar-refractivity contribution < 1.29 is 14.3 Å². The van der Waals surface area contributed by atoms with Crippen molar-refractivity contribution in [1.29, 1.82) is 0 Å². The maximum absolute atomic E-state index is 11.7. The lowest BCUT2D eigenvalue weighted by Gasteiger charge is -2.26. The van der Waals surface area contributed by atoms with Gasteiger partial charge in [0.15, 0.2) is 0 Å². The van der Waals surface area contributed by atoms with Crippen molar-refractivity contribution in [1.82, 2.24) is 10.2 Å². The van der Waals surface area contributed by atoms with Crippen molar-refractivity contribution in [2.24, 2.45) is 0 Å². The van der Waals surface area contributed by atoms with Crippen LogP contribution >= 0.6 is 0 Å². The van der Waals surface area contributed by atoms with Gasteiger partial charge in [-0.15, -0.1) is 6.58 Å². The largest absolute Gasteiger partial charge is 0.468 e. The summed E-state index contributed by atoms with van der Waals surface area (Å²) in [5.74, 6) is -0.371. The van der Waals surface area contributed by atoms with E-state index in [9.17, 15) is 9.59 Å². The van der Waals surface area contributed by atoms with Gasteiger partial charge in [0, 0.05) is 12.6 Å². The minimum atomic E-state index is -0.293. The average Bonchev–Trinajstić information content (AvgIpc) is 2.89. The molecule has 1 aliphatic rings. The molecule has 0 radical (unpaired) electrons. The summed E-state index contributed by atoms with van der Waals surface area (Å²) in [4.78, 5) is 25.0. The molecule has 1 aliphatic carbocycles. The maximum atomic E-state index is 11.7. The second-order valence-corrected chi connectivity index (χ2v) is 4.51. The third-order valence-electron chi connectivity index (χ3n) is 3.19. The summed E-state index contributed by atoms with van der Waals surface area (Å²) in [6.07, 6.45) is 6.06. The zero-order chi connectivity index (χ0) is 13.4. The molecule has 0 saturated heterocycles. The van der Waals surface area contributed by atoms with Gasteiger partial charge >= 0.3 is 5.97 Å². The number of hydrogen-bond donors (Lipinski definition) is 1. The lowest BCUT2D eigenvalue weighted by Crippen LogP contribution is -2.44. The van der Waals surface area contributed by atoms with Gasteiger partial charge < -0.3 is 10.1 Å². The highest BCUT2D eigenvalue weighted by molar-refractivity contribution is 5.79. The van der Waals surface area contributed by atoms with Gasteiger partial charge in [-0.1, -0.05) is 18.9 Å². The summed E-state index contributed by atoms with van der Waals surface area (Å²) in [5, 5.41) is 2.73. The highest BCUT2D eigenvalue weighted by Gasteiger charge is 2.26. The summed E-state index contributed by atoms with van der Waals surface area (Å²) in [5.41, 5.74) is 0. The van der Waals surface area contributed by atoms with Gasteiger partial charge in [0.25, 0.3) is 0 Å². The van der Waals surface area contributed by atoms with Gasteiger partial charge in [0.05, 0.1) is 20.2 Å². The van der Waals surface area contributed by atoms with E-state index in [0.29, 0.717) is 12.6 Å². The van der Waals surface area contributed by atoms with Crippen LogP contribution < -0.4 is 5.32 Å². The maximum Gasteiger partial charge on any atom is 0.319 e.